The molecule has 2 aliphatic rings. The molecule has 1 heterocycles. The van der Waals surface area contributed by atoms with Crippen molar-refractivity contribution in [2.75, 3.05) is 11.9 Å². The number of halogens is 1. The van der Waals surface area contributed by atoms with Gasteiger partial charge in [0.25, 0.3) is 0 Å². The van der Waals surface area contributed by atoms with Crippen LogP contribution in [0.25, 0.3) is 0 Å². The second-order valence-electron chi connectivity index (χ2n) is 5.68. The Bertz CT molecular complexity index is 442. The highest BCUT2D eigenvalue weighted by molar-refractivity contribution is 9.10. The predicted molar refractivity (Wildman–Crippen MR) is 78.1 cm³/mol. The lowest BCUT2D eigenvalue weighted by molar-refractivity contribution is -0.130. The molecule has 1 aromatic carbocycles. The minimum absolute atomic E-state index is 0.221. The van der Waals surface area contributed by atoms with Gasteiger partial charge in [-0.25, -0.2) is 0 Å². The Hall–Kier alpha value is -0.540. The van der Waals surface area contributed by atoms with E-state index in [2.05, 4.69) is 46.4 Å². The minimum atomic E-state index is 0.221. The van der Waals surface area contributed by atoms with Gasteiger partial charge < -0.3 is 10.1 Å². The van der Waals surface area contributed by atoms with Crippen molar-refractivity contribution in [2.24, 2.45) is 0 Å². The number of ether oxygens (including phenoxy) is 1. The summed E-state index contributed by atoms with van der Waals surface area (Å²) in [5.74, 6) is 0. The molecule has 3 rings (SSSR count). The average molecular weight is 310 g/mol. The summed E-state index contributed by atoms with van der Waals surface area (Å²) in [6, 6.07) is 7.01. The first-order chi connectivity index (χ1) is 8.67. The van der Waals surface area contributed by atoms with E-state index in [0.717, 1.165) is 17.5 Å². The molecule has 1 atom stereocenters. The molecular formula is C15H20BrNO. The van der Waals surface area contributed by atoms with Crippen LogP contribution in [0.2, 0.25) is 0 Å². The molecule has 1 N–H and O–H groups in total. The molecular weight excluding hydrogens is 290 g/mol. The molecule has 0 amide bonds. The number of hydrogen-bond donors (Lipinski definition) is 1. The summed E-state index contributed by atoms with van der Waals surface area (Å²) in [5, 5.41) is 3.70. The van der Waals surface area contributed by atoms with Gasteiger partial charge in [0.2, 0.25) is 0 Å². The summed E-state index contributed by atoms with van der Waals surface area (Å²) in [6.45, 7) is 3.07. The highest BCUT2D eigenvalue weighted by Crippen LogP contribution is 2.43. The minimum Gasteiger partial charge on any atom is -0.382 e. The SMILES string of the molecule is Cc1cc(Br)ccc1NC1CCOC2(CCC2)C1. The van der Waals surface area contributed by atoms with Crippen LogP contribution >= 0.6 is 15.9 Å². The number of aryl methyl sites for hydroxylation is 1. The topological polar surface area (TPSA) is 21.3 Å². The Morgan fingerprint density at radius 2 is 2.22 bits per heavy atom. The lowest BCUT2D eigenvalue weighted by Gasteiger charge is -2.47. The number of anilines is 1. The zero-order chi connectivity index (χ0) is 12.6. The van der Waals surface area contributed by atoms with Crippen LogP contribution in [0.3, 0.4) is 0 Å². The van der Waals surface area contributed by atoms with E-state index in [4.69, 9.17) is 4.74 Å². The third kappa shape index (κ3) is 2.43. The van der Waals surface area contributed by atoms with Crippen molar-refractivity contribution in [2.45, 2.75) is 50.7 Å². The molecule has 0 bridgehead atoms. The fourth-order valence-electron chi connectivity index (χ4n) is 3.08. The molecule has 1 aromatic rings. The molecule has 1 spiro atoms. The van der Waals surface area contributed by atoms with E-state index in [1.54, 1.807) is 0 Å². The smallest absolute Gasteiger partial charge is 0.0702 e. The Morgan fingerprint density at radius 1 is 1.39 bits per heavy atom. The van der Waals surface area contributed by atoms with E-state index in [1.807, 2.05) is 0 Å². The van der Waals surface area contributed by atoms with Gasteiger partial charge in [0.15, 0.2) is 0 Å². The average Bonchev–Trinajstić information content (AvgIpc) is 2.31. The Balaban J connectivity index is 1.68. The van der Waals surface area contributed by atoms with Gasteiger partial charge in [-0.1, -0.05) is 15.9 Å². The van der Waals surface area contributed by atoms with Gasteiger partial charge in [-0.15, -0.1) is 0 Å². The molecule has 2 fully saturated rings. The van der Waals surface area contributed by atoms with Crippen molar-refractivity contribution in [1.29, 1.82) is 0 Å². The summed E-state index contributed by atoms with van der Waals surface area (Å²) in [7, 11) is 0. The number of benzene rings is 1. The van der Waals surface area contributed by atoms with Gasteiger partial charge in [-0.2, -0.15) is 0 Å². The third-order valence-corrected chi connectivity index (χ3v) is 4.80. The maximum Gasteiger partial charge on any atom is 0.0702 e. The monoisotopic (exact) mass is 309 g/mol. The Kier molecular flexibility index (Phi) is 3.37. The summed E-state index contributed by atoms with van der Waals surface area (Å²) in [4.78, 5) is 0. The van der Waals surface area contributed by atoms with Crippen LogP contribution in [0.4, 0.5) is 5.69 Å². The second-order valence-corrected chi connectivity index (χ2v) is 6.59. The third-order valence-electron chi connectivity index (χ3n) is 4.31. The summed E-state index contributed by atoms with van der Waals surface area (Å²) in [5.41, 5.74) is 2.79. The van der Waals surface area contributed by atoms with Crippen molar-refractivity contribution in [3.05, 3.63) is 28.2 Å². The first-order valence-corrected chi connectivity index (χ1v) is 7.63. The van der Waals surface area contributed by atoms with Gasteiger partial charge in [0, 0.05) is 22.8 Å². The van der Waals surface area contributed by atoms with Crippen LogP contribution in [-0.2, 0) is 4.74 Å². The summed E-state index contributed by atoms with van der Waals surface area (Å²) in [6.07, 6.45) is 6.14. The van der Waals surface area contributed by atoms with Gasteiger partial charge in [0.1, 0.15) is 0 Å². The van der Waals surface area contributed by atoms with Crippen LogP contribution in [0.5, 0.6) is 0 Å². The van der Waals surface area contributed by atoms with E-state index in [0.29, 0.717) is 6.04 Å². The Morgan fingerprint density at radius 3 is 2.89 bits per heavy atom. The van der Waals surface area contributed by atoms with Crippen molar-refractivity contribution >= 4 is 21.6 Å². The highest BCUT2D eigenvalue weighted by atomic mass is 79.9. The maximum absolute atomic E-state index is 5.97. The molecule has 98 valence electrons. The lowest BCUT2D eigenvalue weighted by atomic mass is 9.74. The van der Waals surface area contributed by atoms with Gasteiger partial charge >= 0.3 is 0 Å². The van der Waals surface area contributed by atoms with Crippen LogP contribution in [-0.4, -0.2) is 18.2 Å². The second kappa shape index (κ2) is 4.86. The van der Waals surface area contributed by atoms with Gasteiger partial charge in [-0.05, 0) is 62.8 Å². The number of nitrogens with one attached hydrogen (secondary N) is 1. The van der Waals surface area contributed by atoms with Crippen LogP contribution in [0.1, 0.15) is 37.7 Å². The summed E-state index contributed by atoms with van der Waals surface area (Å²) < 4.78 is 7.12. The van der Waals surface area contributed by atoms with E-state index >= 15 is 0 Å². The zero-order valence-corrected chi connectivity index (χ0v) is 12.4. The van der Waals surface area contributed by atoms with Crippen molar-refractivity contribution in [3.63, 3.8) is 0 Å². The molecule has 0 radical (unpaired) electrons. The first-order valence-electron chi connectivity index (χ1n) is 6.84. The van der Waals surface area contributed by atoms with Crippen molar-refractivity contribution in [1.82, 2.24) is 0 Å². The molecule has 1 unspecified atom stereocenters. The molecule has 1 saturated heterocycles. The maximum atomic E-state index is 5.97. The van der Waals surface area contributed by atoms with E-state index in [1.165, 1.54) is 36.9 Å². The predicted octanol–water partition coefficient (Wildman–Crippen LogP) is 4.27. The zero-order valence-electron chi connectivity index (χ0n) is 10.8. The Labute approximate surface area is 117 Å². The molecule has 3 heteroatoms. The normalized spacial score (nSPS) is 25.8. The highest BCUT2D eigenvalue weighted by Gasteiger charge is 2.42. The standard InChI is InChI=1S/C15H20BrNO/c1-11-9-12(16)3-4-14(11)17-13-5-8-18-15(10-13)6-2-7-15/h3-4,9,13,17H,2,5-8,10H2,1H3. The van der Waals surface area contributed by atoms with Gasteiger partial charge in [-0.3, -0.25) is 0 Å². The van der Waals surface area contributed by atoms with Crippen LogP contribution in [0.15, 0.2) is 22.7 Å². The van der Waals surface area contributed by atoms with Crippen LogP contribution < -0.4 is 5.32 Å². The quantitative estimate of drug-likeness (QED) is 0.881. The molecule has 1 aliphatic carbocycles. The van der Waals surface area contributed by atoms with E-state index in [-0.39, 0.29) is 5.60 Å². The first kappa shape index (κ1) is 12.5. The fraction of sp³-hybridized carbons (Fsp3) is 0.600. The number of hydrogen-bond acceptors (Lipinski definition) is 2. The largest absolute Gasteiger partial charge is 0.382 e. The molecule has 1 aliphatic heterocycles. The molecule has 2 nitrogen and oxygen atoms in total. The lowest BCUT2D eigenvalue weighted by Crippen LogP contribution is -2.49. The summed E-state index contributed by atoms with van der Waals surface area (Å²) >= 11 is 3.51. The fourth-order valence-corrected chi connectivity index (χ4v) is 3.55. The molecule has 18 heavy (non-hydrogen) atoms. The van der Waals surface area contributed by atoms with E-state index in [9.17, 15) is 0 Å². The van der Waals surface area contributed by atoms with Crippen molar-refractivity contribution < 1.29 is 4.74 Å². The molecule has 1 saturated carbocycles. The number of rotatable bonds is 2. The van der Waals surface area contributed by atoms with Gasteiger partial charge in [0.05, 0.1) is 5.60 Å². The van der Waals surface area contributed by atoms with Crippen LogP contribution in [0, 0.1) is 6.92 Å². The van der Waals surface area contributed by atoms with E-state index < -0.39 is 0 Å². The molecule has 0 aromatic heterocycles. The van der Waals surface area contributed by atoms with Crippen molar-refractivity contribution in [3.8, 4) is 0 Å².